The summed E-state index contributed by atoms with van der Waals surface area (Å²) in [5.41, 5.74) is 1.35. The maximum absolute atomic E-state index is 12.5. The molecule has 2 nitrogen and oxygen atoms in total. The van der Waals surface area contributed by atoms with Crippen LogP contribution in [0, 0.1) is 0 Å². The van der Waals surface area contributed by atoms with Gasteiger partial charge in [0.05, 0.1) is 0 Å². The second-order valence-corrected chi connectivity index (χ2v) is 4.75. The number of halogens is 4. The van der Waals surface area contributed by atoms with Crippen LogP contribution in [0.3, 0.4) is 0 Å². The number of rotatable bonds is 5. The minimum absolute atomic E-state index is 0.0549. The molecule has 0 bridgehead atoms. The van der Waals surface area contributed by atoms with Crippen LogP contribution in [0.4, 0.5) is 18.9 Å². The van der Waals surface area contributed by atoms with E-state index in [1.54, 1.807) is 32.2 Å². The highest BCUT2D eigenvalue weighted by Gasteiger charge is 2.30. The van der Waals surface area contributed by atoms with E-state index < -0.39 is 12.7 Å². The smallest absolute Gasteiger partial charge is 0.363 e. The van der Waals surface area contributed by atoms with Gasteiger partial charge in [0.1, 0.15) is 6.54 Å². The van der Waals surface area contributed by atoms with Gasteiger partial charge in [0, 0.05) is 23.3 Å². The van der Waals surface area contributed by atoms with Gasteiger partial charge in [-0.25, -0.2) is 0 Å². The Labute approximate surface area is 116 Å². The summed E-state index contributed by atoms with van der Waals surface area (Å²) < 4.78 is 37.4. The van der Waals surface area contributed by atoms with Crippen LogP contribution in [-0.2, 0) is 0 Å². The van der Waals surface area contributed by atoms with E-state index in [0.717, 1.165) is 5.56 Å². The van der Waals surface area contributed by atoms with E-state index in [4.69, 9.17) is 11.6 Å². The molecule has 1 unspecified atom stereocenters. The van der Waals surface area contributed by atoms with E-state index in [0.29, 0.717) is 10.7 Å². The first-order valence-corrected chi connectivity index (χ1v) is 6.44. The van der Waals surface area contributed by atoms with Crippen molar-refractivity contribution < 1.29 is 13.2 Å². The van der Waals surface area contributed by atoms with Gasteiger partial charge < -0.3 is 10.2 Å². The molecule has 0 aromatic heterocycles. The van der Waals surface area contributed by atoms with E-state index >= 15 is 0 Å². The highest BCUT2D eigenvalue weighted by atomic mass is 35.5. The first kappa shape index (κ1) is 16.1. The molecule has 0 saturated carbocycles. The van der Waals surface area contributed by atoms with Gasteiger partial charge in [-0.3, -0.25) is 0 Å². The third-order valence-electron chi connectivity index (χ3n) is 3.00. The molecule has 0 heterocycles. The van der Waals surface area contributed by atoms with Gasteiger partial charge in [-0.1, -0.05) is 17.7 Å². The van der Waals surface area contributed by atoms with Crippen molar-refractivity contribution in [2.75, 3.05) is 25.0 Å². The molecular formula is C13H18ClF3N2. The lowest BCUT2D eigenvalue weighted by atomic mass is 10.1. The molecule has 0 amide bonds. The molecule has 6 heteroatoms. The lowest BCUT2D eigenvalue weighted by molar-refractivity contribution is -0.119. The van der Waals surface area contributed by atoms with Crippen LogP contribution in [0.15, 0.2) is 18.2 Å². The average Bonchev–Trinajstić information content (AvgIpc) is 2.33. The van der Waals surface area contributed by atoms with Crippen LogP contribution in [0.1, 0.15) is 25.5 Å². The predicted octanol–water partition coefficient (Wildman–Crippen LogP) is 4.01. The van der Waals surface area contributed by atoms with Crippen molar-refractivity contribution in [2.24, 2.45) is 0 Å². The Morgan fingerprint density at radius 3 is 2.42 bits per heavy atom. The lowest BCUT2D eigenvalue weighted by Gasteiger charge is -2.25. The molecule has 0 fully saturated rings. The highest BCUT2D eigenvalue weighted by Crippen LogP contribution is 2.29. The number of anilines is 1. The molecule has 108 valence electrons. The summed E-state index contributed by atoms with van der Waals surface area (Å²) in [5.74, 6) is 0. The fourth-order valence-electron chi connectivity index (χ4n) is 1.82. The third kappa shape index (κ3) is 4.58. The number of nitrogens with one attached hydrogen (secondary N) is 1. The Hall–Kier alpha value is -0.940. The van der Waals surface area contributed by atoms with E-state index in [1.165, 1.54) is 4.90 Å². The molecule has 1 rings (SSSR count). The zero-order valence-electron chi connectivity index (χ0n) is 11.2. The normalized spacial score (nSPS) is 13.4. The fourth-order valence-corrected chi connectivity index (χ4v) is 2.16. The summed E-state index contributed by atoms with van der Waals surface area (Å²) in [6.07, 6.45) is -4.22. The molecule has 0 aliphatic carbocycles. The highest BCUT2D eigenvalue weighted by molar-refractivity contribution is 6.31. The van der Waals surface area contributed by atoms with E-state index in [1.807, 2.05) is 6.92 Å². The van der Waals surface area contributed by atoms with E-state index in [9.17, 15) is 13.2 Å². The molecule has 0 saturated heterocycles. The second kappa shape index (κ2) is 6.48. The maximum atomic E-state index is 12.5. The fraction of sp³-hybridized carbons (Fsp3) is 0.538. The van der Waals surface area contributed by atoms with Gasteiger partial charge in [-0.15, -0.1) is 0 Å². The quantitative estimate of drug-likeness (QED) is 0.883. The Balaban J connectivity index is 2.98. The molecule has 0 spiro atoms. The third-order valence-corrected chi connectivity index (χ3v) is 3.33. The molecule has 1 atom stereocenters. The molecule has 1 aromatic rings. The summed E-state index contributed by atoms with van der Waals surface area (Å²) in [4.78, 5) is 1.25. The molecule has 0 aliphatic heterocycles. The van der Waals surface area contributed by atoms with Crippen molar-refractivity contribution in [3.05, 3.63) is 28.8 Å². The summed E-state index contributed by atoms with van der Waals surface area (Å²) in [7, 11) is 1.80. The maximum Gasteiger partial charge on any atom is 0.405 e. The van der Waals surface area contributed by atoms with Crippen molar-refractivity contribution >= 4 is 17.3 Å². The SMILES string of the molecule is CCN(CC(F)(F)F)c1ccc(C(C)NC)c(Cl)c1. The predicted molar refractivity (Wildman–Crippen MR) is 72.9 cm³/mol. The van der Waals surface area contributed by atoms with Crippen LogP contribution in [0.25, 0.3) is 0 Å². The monoisotopic (exact) mass is 294 g/mol. The first-order valence-electron chi connectivity index (χ1n) is 6.07. The lowest BCUT2D eigenvalue weighted by Crippen LogP contribution is -2.34. The van der Waals surface area contributed by atoms with Crippen molar-refractivity contribution in [3.8, 4) is 0 Å². The molecule has 1 N–H and O–H groups in total. The summed E-state index contributed by atoms with van der Waals surface area (Å²) in [6, 6.07) is 5.07. The molecule has 0 aliphatic rings. The second-order valence-electron chi connectivity index (χ2n) is 4.35. The Kier molecular flexibility index (Phi) is 5.50. The van der Waals surface area contributed by atoms with Crippen LogP contribution in [0.5, 0.6) is 0 Å². The Morgan fingerprint density at radius 2 is 2.00 bits per heavy atom. The zero-order chi connectivity index (χ0) is 14.6. The van der Waals surface area contributed by atoms with Crippen molar-refractivity contribution in [2.45, 2.75) is 26.1 Å². The number of benzene rings is 1. The van der Waals surface area contributed by atoms with Crippen molar-refractivity contribution in [1.29, 1.82) is 0 Å². The van der Waals surface area contributed by atoms with Gasteiger partial charge in [0.15, 0.2) is 0 Å². The Morgan fingerprint density at radius 1 is 1.37 bits per heavy atom. The number of hydrogen-bond donors (Lipinski definition) is 1. The summed E-state index contributed by atoms with van der Waals surface area (Å²) in [6.45, 7) is 2.93. The van der Waals surface area contributed by atoms with E-state index in [-0.39, 0.29) is 12.6 Å². The van der Waals surface area contributed by atoms with Crippen molar-refractivity contribution in [3.63, 3.8) is 0 Å². The van der Waals surface area contributed by atoms with Gasteiger partial charge in [-0.05, 0) is 38.6 Å². The van der Waals surface area contributed by atoms with Crippen LogP contribution in [0.2, 0.25) is 5.02 Å². The largest absolute Gasteiger partial charge is 0.405 e. The standard InChI is InChI=1S/C13H18ClF3N2/c1-4-19(8-13(15,16)17)10-5-6-11(9(2)18-3)12(14)7-10/h5-7,9,18H,4,8H2,1-3H3. The minimum Gasteiger partial charge on any atom is -0.363 e. The Bertz CT molecular complexity index is 421. The van der Waals surface area contributed by atoms with Gasteiger partial charge in [0.25, 0.3) is 0 Å². The molecular weight excluding hydrogens is 277 g/mol. The topological polar surface area (TPSA) is 15.3 Å². The summed E-state index contributed by atoms with van der Waals surface area (Å²) in [5, 5.41) is 3.52. The number of nitrogens with zero attached hydrogens (tertiary/aromatic N) is 1. The summed E-state index contributed by atoms with van der Waals surface area (Å²) >= 11 is 6.13. The van der Waals surface area contributed by atoms with Crippen LogP contribution < -0.4 is 10.2 Å². The number of alkyl halides is 3. The molecule has 19 heavy (non-hydrogen) atoms. The van der Waals surface area contributed by atoms with E-state index in [2.05, 4.69) is 5.32 Å². The van der Waals surface area contributed by atoms with Gasteiger partial charge in [-0.2, -0.15) is 13.2 Å². The van der Waals surface area contributed by atoms with Crippen molar-refractivity contribution in [1.82, 2.24) is 5.32 Å². The van der Waals surface area contributed by atoms with Gasteiger partial charge in [0.2, 0.25) is 0 Å². The molecule has 1 aromatic carbocycles. The number of hydrogen-bond acceptors (Lipinski definition) is 2. The average molecular weight is 295 g/mol. The first-order chi connectivity index (χ1) is 8.78. The van der Waals surface area contributed by atoms with Gasteiger partial charge >= 0.3 is 6.18 Å². The van der Waals surface area contributed by atoms with Crippen LogP contribution >= 0.6 is 11.6 Å². The van der Waals surface area contributed by atoms with Crippen LogP contribution in [-0.4, -0.2) is 26.3 Å². The molecule has 0 radical (unpaired) electrons. The minimum atomic E-state index is -4.22. The zero-order valence-corrected chi connectivity index (χ0v) is 11.9.